The zero-order valence-corrected chi connectivity index (χ0v) is 19.1. The molecule has 0 bridgehead atoms. The van der Waals surface area contributed by atoms with E-state index in [1.807, 2.05) is 54.3 Å². The molecule has 1 atom stereocenters. The van der Waals surface area contributed by atoms with Gasteiger partial charge in [-0.1, -0.05) is 12.1 Å². The highest BCUT2D eigenvalue weighted by molar-refractivity contribution is 5.88. The summed E-state index contributed by atoms with van der Waals surface area (Å²) in [5, 5.41) is 3.37. The molecule has 3 N–H and O–H groups in total. The van der Waals surface area contributed by atoms with Gasteiger partial charge in [0.25, 0.3) is 0 Å². The van der Waals surface area contributed by atoms with Crippen molar-refractivity contribution in [2.75, 3.05) is 29.9 Å². The number of alkyl halides is 3. The number of benzene rings is 2. The number of carbonyl (C=O) groups is 2. The number of nitrogens with zero attached hydrogens (tertiary/aromatic N) is 2. The molecule has 0 saturated carbocycles. The van der Waals surface area contributed by atoms with Crippen LogP contribution >= 0.6 is 0 Å². The lowest BCUT2D eigenvalue weighted by Crippen LogP contribution is -2.38. The quantitative estimate of drug-likeness (QED) is 0.653. The van der Waals surface area contributed by atoms with E-state index in [9.17, 15) is 22.8 Å². The van der Waals surface area contributed by atoms with E-state index in [1.165, 1.54) is 0 Å². The van der Waals surface area contributed by atoms with Crippen molar-refractivity contribution in [2.24, 2.45) is 17.6 Å². The van der Waals surface area contributed by atoms with E-state index in [1.54, 1.807) is 4.90 Å². The fraction of sp³-hybridized carbons (Fsp3) is 0.440. The van der Waals surface area contributed by atoms with Crippen LogP contribution in [0.2, 0.25) is 0 Å². The average Bonchev–Trinajstić information content (AvgIpc) is 3.16. The number of halogens is 3. The lowest BCUT2D eigenvalue weighted by Gasteiger charge is -2.34. The van der Waals surface area contributed by atoms with Gasteiger partial charge in [-0.2, -0.15) is 13.2 Å². The SMILES string of the molecule is Cc1cc(CN2CC(C(N)=O)CC2=O)ccc1Nc1ccc(N2CCC(C(F)(F)F)CC2)cc1. The third-order valence-corrected chi connectivity index (χ3v) is 6.75. The van der Waals surface area contributed by atoms with Crippen molar-refractivity contribution < 1.29 is 22.8 Å². The number of anilines is 3. The summed E-state index contributed by atoms with van der Waals surface area (Å²) in [5.41, 5.74) is 10.0. The number of nitrogens with two attached hydrogens (primary N) is 1. The van der Waals surface area contributed by atoms with Gasteiger partial charge in [-0.15, -0.1) is 0 Å². The molecule has 2 fully saturated rings. The first-order chi connectivity index (χ1) is 16.1. The lowest BCUT2D eigenvalue weighted by molar-refractivity contribution is -0.179. The van der Waals surface area contributed by atoms with Gasteiger partial charge in [-0.25, -0.2) is 0 Å². The average molecular weight is 475 g/mol. The summed E-state index contributed by atoms with van der Waals surface area (Å²) in [7, 11) is 0. The number of carbonyl (C=O) groups excluding carboxylic acids is 2. The number of likely N-dealkylation sites (tertiary alicyclic amines) is 1. The van der Waals surface area contributed by atoms with Gasteiger partial charge in [0.15, 0.2) is 0 Å². The Balaban J connectivity index is 1.34. The van der Waals surface area contributed by atoms with Gasteiger partial charge in [0.05, 0.1) is 11.8 Å². The smallest absolute Gasteiger partial charge is 0.372 e. The van der Waals surface area contributed by atoms with Crippen molar-refractivity contribution in [3.05, 3.63) is 53.6 Å². The molecule has 9 heteroatoms. The van der Waals surface area contributed by atoms with Gasteiger partial charge in [-0.05, 0) is 61.2 Å². The molecule has 2 saturated heterocycles. The van der Waals surface area contributed by atoms with Crippen molar-refractivity contribution in [3.63, 3.8) is 0 Å². The van der Waals surface area contributed by atoms with Crippen molar-refractivity contribution in [3.8, 4) is 0 Å². The molecule has 0 aliphatic carbocycles. The van der Waals surface area contributed by atoms with Crippen LogP contribution in [0.5, 0.6) is 0 Å². The molecule has 2 aliphatic heterocycles. The van der Waals surface area contributed by atoms with Gasteiger partial charge in [0.2, 0.25) is 11.8 Å². The number of hydrogen-bond donors (Lipinski definition) is 2. The molecule has 2 aromatic rings. The summed E-state index contributed by atoms with van der Waals surface area (Å²) in [5.74, 6) is -2.13. The minimum absolute atomic E-state index is 0.0635. The van der Waals surface area contributed by atoms with E-state index in [-0.39, 0.29) is 25.2 Å². The lowest BCUT2D eigenvalue weighted by atomic mass is 9.96. The Labute approximate surface area is 196 Å². The van der Waals surface area contributed by atoms with Crippen molar-refractivity contribution in [2.45, 2.75) is 38.9 Å². The molecule has 2 aromatic carbocycles. The van der Waals surface area contributed by atoms with Crippen LogP contribution in [0, 0.1) is 18.8 Å². The van der Waals surface area contributed by atoms with Gasteiger partial charge >= 0.3 is 6.18 Å². The molecule has 34 heavy (non-hydrogen) atoms. The zero-order chi connectivity index (χ0) is 24.5. The monoisotopic (exact) mass is 474 g/mol. The first kappa shape index (κ1) is 23.9. The first-order valence-corrected chi connectivity index (χ1v) is 11.5. The molecule has 2 amide bonds. The van der Waals surface area contributed by atoms with Gasteiger partial charge in [0.1, 0.15) is 0 Å². The van der Waals surface area contributed by atoms with E-state index < -0.39 is 23.9 Å². The van der Waals surface area contributed by atoms with Crippen LogP contribution in [-0.4, -0.2) is 42.5 Å². The Bertz CT molecular complexity index is 1050. The highest BCUT2D eigenvalue weighted by Crippen LogP contribution is 2.35. The summed E-state index contributed by atoms with van der Waals surface area (Å²) < 4.78 is 38.7. The van der Waals surface area contributed by atoms with Crippen LogP contribution in [0.3, 0.4) is 0 Å². The number of rotatable bonds is 6. The second-order valence-electron chi connectivity index (χ2n) is 9.20. The molecule has 0 spiro atoms. The maximum absolute atomic E-state index is 12.9. The third kappa shape index (κ3) is 5.46. The summed E-state index contributed by atoms with van der Waals surface area (Å²) in [6.45, 7) is 3.56. The molecule has 2 heterocycles. The van der Waals surface area contributed by atoms with Crippen LogP contribution in [0.25, 0.3) is 0 Å². The second kappa shape index (κ2) is 9.56. The number of nitrogens with one attached hydrogen (secondary N) is 1. The molecular weight excluding hydrogens is 445 g/mol. The largest absolute Gasteiger partial charge is 0.391 e. The van der Waals surface area contributed by atoms with Gasteiger partial charge < -0.3 is 20.9 Å². The molecule has 1 unspecified atom stereocenters. The summed E-state index contributed by atoms with van der Waals surface area (Å²) in [6.07, 6.45) is -3.68. The Morgan fingerprint density at radius 1 is 1.12 bits per heavy atom. The summed E-state index contributed by atoms with van der Waals surface area (Å²) >= 11 is 0. The van der Waals surface area contributed by atoms with Crippen LogP contribution in [-0.2, 0) is 16.1 Å². The molecule has 0 radical (unpaired) electrons. The fourth-order valence-electron chi connectivity index (χ4n) is 4.68. The Morgan fingerprint density at radius 3 is 2.35 bits per heavy atom. The Kier molecular flexibility index (Phi) is 6.72. The summed E-state index contributed by atoms with van der Waals surface area (Å²) in [4.78, 5) is 27.2. The highest BCUT2D eigenvalue weighted by Gasteiger charge is 2.41. The standard InChI is InChI=1S/C25H29F3N4O2/c1-16-12-17(14-32-15-18(24(29)34)13-23(32)33)2-7-22(16)30-20-3-5-21(6-4-20)31-10-8-19(9-11-31)25(26,27)28/h2-7,12,18-19,30H,8-11,13-15H2,1H3,(H2,29,34). The number of aryl methyl sites for hydroxylation is 1. The second-order valence-corrected chi connectivity index (χ2v) is 9.20. The van der Waals surface area contributed by atoms with Crippen molar-refractivity contribution in [1.29, 1.82) is 0 Å². The fourth-order valence-corrected chi connectivity index (χ4v) is 4.68. The molecule has 0 aromatic heterocycles. The van der Waals surface area contributed by atoms with E-state index in [2.05, 4.69) is 5.32 Å². The molecule has 182 valence electrons. The molecule has 6 nitrogen and oxygen atoms in total. The maximum Gasteiger partial charge on any atom is 0.391 e. The Morgan fingerprint density at radius 2 is 1.79 bits per heavy atom. The minimum atomic E-state index is -4.11. The number of piperidine rings is 1. The molecule has 2 aliphatic rings. The van der Waals surface area contributed by atoms with E-state index >= 15 is 0 Å². The number of hydrogen-bond acceptors (Lipinski definition) is 4. The molecule has 4 rings (SSSR count). The predicted octanol–water partition coefficient (Wildman–Crippen LogP) is 4.35. The minimum Gasteiger partial charge on any atom is -0.372 e. The van der Waals surface area contributed by atoms with Crippen LogP contribution < -0.4 is 16.0 Å². The number of primary amides is 1. The molecular formula is C25H29F3N4O2. The van der Waals surface area contributed by atoms with Crippen LogP contribution in [0.1, 0.15) is 30.4 Å². The van der Waals surface area contributed by atoms with Crippen LogP contribution in [0.4, 0.5) is 30.2 Å². The third-order valence-electron chi connectivity index (χ3n) is 6.75. The van der Waals surface area contributed by atoms with E-state index in [0.29, 0.717) is 26.2 Å². The van der Waals surface area contributed by atoms with Crippen molar-refractivity contribution in [1.82, 2.24) is 4.90 Å². The van der Waals surface area contributed by atoms with E-state index in [0.717, 1.165) is 28.2 Å². The zero-order valence-electron chi connectivity index (χ0n) is 19.1. The topological polar surface area (TPSA) is 78.7 Å². The van der Waals surface area contributed by atoms with E-state index in [4.69, 9.17) is 5.73 Å². The van der Waals surface area contributed by atoms with Gasteiger partial charge in [-0.3, -0.25) is 9.59 Å². The Hall–Kier alpha value is -3.23. The first-order valence-electron chi connectivity index (χ1n) is 11.5. The van der Waals surface area contributed by atoms with Crippen molar-refractivity contribution >= 4 is 28.9 Å². The predicted molar refractivity (Wildman–Crippen MR) is 125 cm³/mol. The highest BCUT2D eigenvalue weighted by atomic mass is 19.4. The number of amides is 2. The van der Waals surface area contributed by atoms with Gasteiger partial charge in [0, 0.05) is 49.7 Å². The summed E-state index contributed by atoms with van der Waals surface area (Å²) in [6, 6.07) is 13.6. The maximum atomic E-state index is 12.9. The van der Waals surface area contributed by atoms with Crippen LogP contribution in [0.15, 0.2) is 42.5 Å². The normalized spacial score (nSPS) is 19.5.